The van der Waals surface area contributed by atoms with Crippen molar-refractivity contribution in [3.63, 3.8) is 0 Å². The molecule has 0 amide bonds. The first-order valence-corrected chi connectivity index (χ1v) is 4.79. The molecule has 0 aliphatic heterocycles. The van der Waals surface area contributed by atoms with Gasteiger partial charge in [-0.15, -0.1) is 5.10 Å². The Morgan fingerprint density at radius 3 is 2.67 bits per heavy atom. The maximum atomic E-state index is 12.8. The molecule has 2 N–H and O–H groups in total. The molecule has 0 radical (unpaired) electrons. The number of hydrogen-bond acceptors (Lipinski definition) is 4. The molecule has 96 valence electrons. The molecule has 18 heavy (non-hydrogen) atoms. The first kappa shape index (κ1) is 12.2. The molecule has 0 spiro atoms. The largest absolute Gasteiger partial charge is 0.451 e. The quantitative estimate of drug-likeness (QED) is 0.787. The van der Waals surface area contributed by atoms with Gasteiger partial charge in [-0.3, -0.25) is 0 Å². The fourth-order valence-corrected chi connectivity index (χ4v) is 1.66. The van der Waals surface area contributed by atoms with E-state index in [2.05, 4.69) is 9.84 Å². The van der Waals surface area contributed by atoms with E-state index in [1.807, 2.05) is 0 Å². The Bertz CT molecular complexity index is 619. The van der Waals surface area contributed by atoms with Crippen LogP contribution < -0.4 is 5.73 Å². The van der Waals surface area contributed by atoms with Gasteiger partial charge in [0.15, 0.2) is 5.82 Å². The maximum absolute atomic E-state index is 12.8. The van der Waals surface area contributed by atoms with Gasteiger partial charge < -0.3 is 10.5 Å². The van der Waals surface area contributed by atoms with Gasteiger partial charge >= 0.3 is 12.3 Å². The lowest BCUT2D eigenvalue weighted by molar-refractivity contribution is -0.136. The SMILES string of the molecule is COC(=O)n1nc(N)c2c(C(F)(F)F)cccc21. The third-order valence-corrected chi connectivity index (χ3v) is 2.39. The van der Waals surface area contributed by atoms with Crippen LogP contribution in [0.25, 0.3) is 10.9 Å². The molecule has 2 rings (SSSR count). The van der Waals surface area contributed by atoms with Crippen molar-refractivity contribution in [3.05, 3.63) is 23.8 Å². The van der Waals surface area contributed by atoms with Crippen molar-refractivity contribution in [2.24, 2.45) is 0 Å². The van der Waals surface area contributed by atoms with Crippen LogP contribution in [0.1, 0.15) is 5.56 Å². The number of carbonyl (C=O) groups excluding carboxylic acids is 1. The maximum Gasteiger partial charge on any atom is 0.435 e. The zero-order valence-corrected chi connectivity index (χ0v) is 9.15. The summed E-state index contributed by atoms with van der Waals surface area (Å²) in [6.07, 6.45) is -5.48. The minimum atomic E-state index is -4.57. The van der Waals surface area contributed by atoms with Crippen LogP contribution in [0, 0.1) is 0 Å². The minimum Gasteiger partial charge on any atom is -0.451 e. The second-order valence-corrected chi connectivity index (χ2v) is 3.46. The third-order valence-electron chi connectivity index (χ3n) is 2.39. The average Bonchev–Trinajstić information content (AvgIpc) is 2.65. The molecular weight excluding hydrogens is 251 g/mol. The van der Waals surface area contributed by atoms with E-state index >= 15 is 0 Å². The number of nitrogens with zero attached hydrogens (tertiary/aromatic N) is 2. The number of ether oxygens (including phenoxy) is 1. The Morgan fingerprint density at radius 1 is 1.44 bits per heavy atom. The molecule has 0 saturated heterocycles. The number of anilines is 1. The van der Waals surface area contributed by atoms with Gasteiger partial charge in [-0.05, 0) is 12.1 Å². The molecular formula is C10H8F3N3O2. The highest BCUT2D eigenvalue weighted by atomic mass is 19.4. The van der Waals surface area contributed by atoms with Crippen LogP contribution in [0.5, 0.6) is 0 Å². The van der Waals surface area contributed by atoms with Gasteiger partial charge in [-0.25, -0.2) is 4.79 Å². The van der Waals surface area contributed by atoms with Crippen molar-refractivity contribution in [2.75, 3.05) is 12.8 Å². The van der Waals surface area contributed by atoms with Crippen molar-refractivity contribution in [2.45, 2.75) is 6.18 Å². The van der Waals surface area contributed by atoms with E-state index in [9.17, 15) is 18.0 Å². The number of hydrogen-bond donors (Lipinski definition) is 1. The molecule has 0 bridgehead atoms. The lowest BCUT2D eigenvalue weighted by Gasteiger charge is -2.08. The van der Waals surface area contributed by atoms with Crippen molar-refractivity contribution >= 4 is 22.8 Å². The van der Waals surface area contributed by atoms with E-state index in [0.29, 0.717) is 4.68 Å². The van der Waals surface area contributed by atoms with E-state index in [4.69, 9.17) is 5.73 Å². The van der Waals surface area contributed by atoms with Gasteiger partial charge in [-0.1, -0.05) is 6.07 Å². The topological polar surface area (TPSA) is 70.1 Å². The Kier molecular flexibility index (Phi) is 2.64. The van der Waals surface area contributed by atoms with Crippen LogP contribution in [0.2, 0.25) is 0 Å². The normalized spacial score (nSPS) is 11.8. The molecule has 0 saturated carbocycles. The molecule has 2 aromatic rings. The van der Waals surface area contributed by atoms with Crippen molar-refractivity contribution in [1.82, 2.24) is 9.78 Å². The van der Waals surface area contributed by atoms with Gasteiger partial charge in [0.2, 0.25) is 0 Å². The Balaban J connectivity index is 2.80. The Morgan fingerprint density at radius 2 is 2.11 bits per heavy atom. The van der Waals surface area contributed by atoms with Gasteiger partial charge in [0.25, 0.3) is 0 Å². The lowest BCUT2D eigenvalue weighted by atomic mass is 10.1. The van der Waals surface area contributed by atoms with Gasteiger partial charge in [-0.2, -0.15) is 17.9 Å². The second kappa shape index (κ2) is 3.90. The van der Waals surface area contributed by atoms with Crippen LogP contribution in [0.3, 0.4) is 0 Å². The number of halogens is 3. The molecule has 0 fully saturated rings. The summed E-state index contributed by atoms with van der Waals surface area (Å²) in [4.78, 5) is 11.3. The summed E-state index contributed by atoms with van der Waals surface area (Å²) in [6.45, 7) is 0. The lowest BCUT2D eigenvalue weighted by Crippen LogP contribution is -2.13. The molecule has 0 unspecified atom stereocenters. The van der Waals surface area contributed by atoms with Crippen molar-refractivity contribution in [3.8, 4) is 0 Å². The minimum absolute atomic E-state index is 0.0471. The smallest absolute Gasteiger partial charge is 0.435 e. The third kappa shape index (κ3) is 1.75. The number of methoxy groups -OCH3 is 1. The highest BCUT2D eigenvalue weighted by Gasteiger charge is 2.34. The van der Waals surface area contributed by atoms with Crippen LogP contribution in [0.15, 0.2) is 18.2 Å². The number of alkyl halides is 3. The standard InChI is InChI=1S/C10H8F3N3O2/c1-18-9(17)16-6-4-2-3-5(10(11,12)13)7(6)8(14)15-16/h2-4H,1H3,(H2,14,15). The van der Waals surface area contributed by atoms with Crippen molar-refractivity contribution in [1.29, 1.82) is 0 Å². The molecule has 0 atom stereocenters. The van der Waals surface area contributed by atoms with Crippen molar-refractivity contribution < 1.29 is 22.7 Å². The van der Waals surface area contributed by atoms with Crippen LogP contribution in [-0.4, -0.2) is 23.0 Å². The number of aromatic nitrogens is 2. The summed E-state index contributed by atoms with van der Waals surface area (Å²) in [7, 11) is 1.10. The summed E-state index contributed by atoms with van der Waals surface area (Å²) in [5.41, 5.74) is 4.44. The summed E-state index contributed by atoms with van der Waals surface area (Å²) in [6, 6.07) is 3.36. The number of carbonyl (C=O) groups is 1. The number of rotatable bonds is 0. The Labute approximate surface area is 98.9 Å². The summed E-state index contributed by atoms with van der Waals surface area (Å²) in [5, 5.41) is 3.24. The zero-order valence-electron chi connectivity index (χ0n) is 9.15. The van der Waals surface area contributed by atoms with Gasteiger partial charge in [0.1, 0.15) is 0 Å². The number of fused-ring (bicyclic) bond motifs is 1. The predicted octanol–water partition coefficient (Wildman–Crippen LogP) is 2.25. The zero-order chi connectivity index (χ0) is 13.5. The van der Waals surface area contributed by atoms with Crippen LogP contribution >= 0.6 is 0 Å². The van der Waals surface area contributed by atoms with E-state index in [1.54, 1.807) is 0 Å². The van der Waals surface area contributed by atoms with E-state index in [-0.39, 0.29) is 16.7 Å². The predicted molar refractivity (Wildman–Crippen MR) is 57.0 cm³/mol. The first-order chi connectivity index (χ1) is 8.36. The summed E-state index contributed by atoms with van der Waals surface area (Å²) < 4.78 is 43.4. The average molecular weight is 259 g/mol. The molecule has 1 heterocycles. The summed E-state index contributed by atoms with van der Waals surface area (Å²) in [5.74, 6) is -0.372. The van der Waals surface area contributed by atoms with E-state index < -0.39 is 17.8 Å². The second-order valence-electron chi connectivity index (χ2n) is 3.46. The molecule has 5 nitrogen and oxygen atoms in total. The fourth-order valence-electron chi connectivity index (χ4n) is 1.66. The Hall–Kier alpha value is -2.25. The van der Waals surface area contributed by atoms with Gasteiger partial charge in [0.05, 0.1) is 23.6 Å². The molecule has 0 aliphatic rings. The highest BCUT2D eigenvalue weighted by Crippen LogP contribution is 2.37. The van der Waals surface area contributed by atoms with Gasteiger partial charge in [0, 0.05) is 0 Å². The van der Waals surface area contributed by atoms with Crippen LogP contribution in [0.4, 0.5) is 23.8 Å². The molecule has 1 aromatic heterocycles. The number of nitrogen functional groups attached to an aromatic ring is 1. The monoisotopic (exact) mass is 259 g/mol. The fraction of sp³-hybridized carbons (Fsp3) is 0.200. The highest BCUT2D eigenvalue weighted by molar-refractivity contribution is 5.97. The number of benzene rings is 1. The van der Waals surface area contributed by atoms with E-state index in [0.717, 1.165) is 13.2 Å². The van der Waals surface area contributed by atoms with Crippen LogP contribution in [-0.2, 0) is 10.9 Å². The number of nitrogens with two attached hydrogens (primary N) is 1. The summed E-state index contributed by atoms with van der Waals surface area (Å²) >= 11 is 0. The molecule has 1 aromatic carbocycles. The first-order valence-electron chi connectivity index (χ1n) is 4.79. The molecule has 8 heteroatoms. The molecule has 0 aliphatic carbocycles. The van der Waals surface area contributed by atoms with E-state index in [1.165, 1.54) is 12.1 Å².